The normalized spacial score (nSPS) is 23.2. The molecule has 134 valence electrons. The minimum absolute atomic E-state index is 0.0841. The van der Waals surface area contributed by atoms with Gasteiger partial charge in [0.1, 0.15) is 6.61 Å². The van der Waals surface area contributed by atoms with Crippen molar-refractivity contribution in [3.05, 3.63) is 71.8 Å². The molecule has 2 aliphatic rings. The molecule has 2 atom stereocenters. The van der Waals surface area contributed by atoms with E-state index in [1.165, 1.54) is 10.5 Å². The van der Waals surface area contributed by atoms with Crippen LogP contribution in [0.5, 0.6) is 0 Å². The number of carbonyl (C=O) groups is 2. The van der Waals surface area contributed by atoms with Crippen LogP contribution in [0.25, 0.3) is 0 Å². The molecule has 5 heteroatoms. The van der Waals surface area contributed by atoms with Gasteiger partial charge in [-0.25, -0.2) is 9.69 Å². The van der Waals surface area contributed by atoms with E-state index in [0.717, 1.165) is 18.7 Å². The highest BCUT2D eigenvalue weighted by Gasteiger charge is 2.43. The van der Waals surface area contributed by atoms with Crippen LogP contribution in [-0.4, -0.2) is 48.0 Å². The highest BCUT2D eigenvalue weighted by molar-refractivity contribution is 5.95. The van der Waals surface area contributed by atoms with Crippen LogP contribution in [0.1, 0.15) is 17.0 Å². The summed E-state index contributed by atoms with van der Waals surface area (Å²) in [4.78, 5) is 28.5. The molecule has 0 saturated carbocycles. The van der Waals surface area contributed by atoms with Crippen molar-refractivity contribution in [2.24, 2.45) is 5.92 Å². The second-order valence-electron chi connectivity index (χ2n) is 6.91. The summed E-state index contributed by atoms with van der Waals surface area (Å²) < 4.78 is 4.96. The molecule has 0 N–H and O–H groups in total. The molecule has 2 saturated heterocycles. The fourth-order valence-electron chi connectivity index (χ4n) is 3.94. The summed E-state index contributed by atoms with van der Waals surface area (Å²) in [6.45, 7) is 2.91. The average Bonchev–Trinajstić information content (AvgIpc) is 3.29. The van der Waals surface area contributed by atoms with Crippen molar-refractivity contribution in [3.8, 4) is 0 Å². The van der Waals surface area contributed by atoms with E-state index in [0.29, 0.717) is 19.7 Å². The van der Waals surface area contributed by atoms with Crippen molar-refractivity contribution < 1.29 is 14.3 Å². The molecule has 2 aromatic carbocycles. The molecule has 26 heavy (non-hydrogen) atoms. The third kappa shape index (κ3) is 3.35. The lowest BCUT2D eigenvalue weighted by molar-refractivity contribution is -0.132. The van der Waals surface area contributed by atoms with E-state index >= 15 is 0 Å². The van der Waals surface area contributed by atoms with Crippen LogP contribution in [0.4, 0.5) is 4.79 Å². The lowest BCUT2D eigenvalue weighted by Gasteiger charge is -2.21. The standard InChI is InChI=1S/C21H22N2O3/c24-20(23-11-12-26-21(23)25)19-15-22(13-16-7-3-1-4-8-16)14-18(19)17-9-5-2-6-10-17/h1-10,18-19H,11-15H2/t18-,19+/m1/s1. The lowest BCUT2D eigenvalue weighted by Crippen LogP contribution is -2.39. The van der Waals surface area contributed by atoms with Gasteiger partial charge in [-0.2, -0.15) is 0 Å². The van der Waals surface area contributed by atoms with E-state index in [4.69, 9.17) is 4.74 Å². The number of carbonyl (C=O) groups excluding carboxylic acids is 2. The van der Waals surface area contributed by atoms with Crippen LogP contribution in [0.3, 0.4) is 0 Å². The molecule has 2 aromatic rings. The number of nitrogens with zero attached hydrogens (tertiary/aromatic N) is 2. The maximum Gasteiger partial charge on any atom is 0.416 e. The van der Waals surface area contributed by atoms with Gasteiger partial charge in [-0.1, -0.05) is 60.7 Å². The van der Waals surface area contributed by atoms with Crippen LogP contribution in [0.15, 0.2) is 60.7 Å². The molecule has 2 fully saturated rings. The molecule has 0 aliphatic carbocycles. The molecular weight excluding hydrogens is 328 g/mol. The monoisotopic (exact) mass is 350 g/mol. The quantitative estimate of drug-likeness (QED) is 0.851. The van der Waals surface area contributed by atoms with E-state index in [-0.39, 0.29) is 17.7 Å². The summed E-state index contributed by atoms with van der Waals surface area (Å²) in [7, 11) is 0. The predicted octanol–water partition coefficient (Wildman–Crippen LogP) is 2.88. The maximum absolute atomic E-state index is 13.0. The first-order chi connectivity index (χ1) is 12.7. The first kappa shape index (κ1) is 16.8. The van der Waals surface area contributed by atoms with Gasteiger partial charge in [0.2, 0.25) is 5.91 Å². The Bertz CT molecular complexity index is 778. The number of ether oxygens (including phenoxy) is 1. The number of amides is 2. The van der Waals surface area contributed by atoms with Crippen LogP contribution in [0, 0.1) is 5.92 Å². The van der Waals surface area contributed by atoms with E-state index in [1.54, 1.807) is 0 Å². The van der Waals surface area contributed by atoms with Crippen molar-refractivity contribution in [1.29, 1.82) is 0 Å². The topological polar surface area (TPSA) is 49.9 Å². The minimum atomic E-state index is -0.511. The second-order valence-corrected chi connectivity index (χ2v) is 6.91. The van der Waals surface area contributed by atoms with E-state index in [2.05, 4.69) is 29.2 Å². The molecule has 0 aromatic heterocycles. The summed E-state index contributed by atoms with van der Waals surface area (Å²) in [6.07, 6.45) is -0.511. The largest absolute Gasteiger partial charge is 0.447 e. The van der Waals surface area contributed by atoms with E-state index in [1.807, 2.05) is 36.4 Å². The summed E-state index contributed by atoms with van der Waals surface area (Å²) in [5.74, 6) is -0.260. The van der Waals surface area contributed by atoms with Crippen molar-refractivity contribution in [2.45, 2.75) is 12.5 Å². The van der Waals surface area contributed by atoms with Gasteiger partial charge >= 0.3 is 6.09 Å². The summed E-state index contributed by atoms with van der Waals surface area (Å²) in [5.41, 5.74) is 2.38. The minimum Gasteiger partial charge on any atom is -0.447 e. The predicted molar refractivity (Wildman–Crippen MR) is 97.5 cm³/mol. The van der Waals surface area contributed by atoms with Crippen LogP contribution >= 0.6 is 0 Å². The molecule has 2 aliphatic heterocycles. The van der Waals surface area contributed by atoms with Gasteiger partial charge in [-0.05, 0) is 11.1 Å². The van der Waals surface area contributed by atoms with Gasteiger partial charge in [-0.3, -0.25) is 9.69 Å². The van der Waals surface area contributed by atoms with Gasteiger partial charge in [0.25, 0.3) is 0 Å². The molecular formula is C21H22N2O3. The number of rotatable bonds is 4. The highest BCUT2D eigenvalue weighted by Crippen LogP contribution is 2.35. The number of benzene rings is 2. The lowest BCUT2D eigenvalue weighted by atomic mass is 9.88. The number of cyclic esters (lactones) is 1. The highest BCUT2D eigenvalue weighted by atomic mass is 16.6. The number of imide groups is 1. The SMILES string of the molecule is O=C1OCCN1C(=O)[C@H]1CN(Cc2ccccc2)C[C@@H]1c1ccccc1. The molecule has 5 nitrogen and oxygen atoms in total. The van der Waals surface area contributed by atoms with Gasteiger partial charge < -0.3 is 4.74 Å². The average molecular weight is 350 g/mol. The van der Waals surface area contributed by atoms with Gasteiger partial charge in [0.05, 0.1) is 12.5 Å². The van der Waals surface area contributed by atoms with Crippen molar-refractivity contribution >= 4 is 12.0 Å². The zero-order valence-corrected chi connectivity index (χ0v) is 14.6. The zero-order chi connectivity index (χ0) is 17.9. The molecule has 2 heterocycles. The molecule has 0 bridgehead atoms. The number of likely N-dealkylation sites (tertiary alicyclic amines) is 1. The van der Waals surface area contributed by atoms with Gasteiger partial charge in [0.15, 0.2) is 0 Å². The number of hydrogen-bond donors (Lipinski definition) is 0. The smallest absolute Gasteiger partial charge is 0.416 e. The summed E-state index contributed by atoms with van der Waals surface area (Å²) in [6, 6.07) is 20.4. The van der Waals surface area contributed by atoms with Crippen LogP contribution in [0.2, 0.25) is 0 Å². The van der Waals surface area contributed by atoms with Gasteiger partial charge in [-0.15, -0.1) is 0 Å². The Balaban J connectivity index is 1.57. The summed E-state index contributed by atoms with van der Waals surface area (Å²) >= 11 is 0. The third-order valence-corrected chi connectivity index (χ3v) is 5.22. The Morgan fingerprint density at radius 2 is 1.69 bits per heavy atom. The molecule has 2 amide bonds. The molecule has 0 radical (unpaired) electrons. The third-order valence-electron chi connectivity index (χ3n) is 5.22. The Labute approximate surface area is 153 Å². The van der Waals surface area contributed by atoms with Crippen LogP contribution in [-0.2, 0) is 16.1 Å². The Hall–Kier alpha value is -2.66. The zero-order valence-electron chi connectivity index (χ0n) is 14.6. The summed E-state index contributed by atoms with van der Waals surface area (Å²) in [5, 5.41) is 0. The van der Waals surface area contributed by atoms with E-state index < -0.39 is 6.09 Å². The van der Waals surface area contributed by atoms with Crippen LogP contribution < -0.4 is 0 Å². The maximum atomic E-state index is 13.0. The fraction of sp³-hybridized carbons (Fsp3) is 0.333. The van der Waals surface area contributed by atoms with Crippen molar-refractivity contribution in [2.75, 3.05) is 26.2 Å². The van der Waals surface area contributed by atoms with Crippen molar-refractivity contribution in [3.63, 3.8) is 0 Å². The fourth-order valence-corrected chi connectivity index (χ4v) is 3.94. The molecule has 0 unspecified atom stereocenters. The number of hydrogen-bond acceptors (Lipinski definition) is 4. The van der Waals surface area contributed by atoms with Crippen molar-refractivity contribution in [1.82, 2.24) is 9.80 Å². The first-order valence-electron chi connectivity index (χ1n) is 9.02. The van der Waals surface area contributed by atoms with E-state index in [9.17, 15) is 9.59 Å². The Morgan fingerprint density at radius 3 is 2.35 bits per heavy atom. The van der Waals surface area contributed by atoms with Gasteiger partial charge in [0, 0.05) is 25.6 Å². The Kier molecular flexibility index (Phi) is 4.71. The Morgan fingerprint density at radius 1 is 1.00 bits per heavy atom. The molecule has 0 spiro atoms. The second kappa shape index (κ2) is 7.30. The molecule has 4 rings (SSSR count). The first-order valence-corrected chi connectivity index (χ1v) is 9.02.